The molecule has 2 amide bonds. The molecule has 2 N–H and O–H groups in total. The number of amides is 2. The van der Waals surface area contributed by atoms with Crippen LogP contribution in [-0.2, 0) is 9.59 Å². The van der Waals surface area contributed by atoms with Crippen molar-refractivity contribution in [1.82, 2.24) is 10.6 Å². The highest BCUT2D eigenvalue weighted by Crippen LogP contribution is 2.73. The van der Waals surface area contributed by atoms with E-state index in [-0.39, 0.29) is 62.8 Å². The van der Waals surface area contributed by atoms with Gasteiger partial charge >= 0.3 is 6.03 Å². The summed E-state index contributed by atoms with van der Waals surface area (Å²) in [6, 6.07) is -0.164. The summed E-state index contributed by atoms with van der Waals surface area (Å²) < 4.78 is 0. The first-order chi connectivity index (χ1) is 17.5. The topological polar surface area (TPSA) is 79.6 Å². The Hall–Kier alpha value is -2.42. The average molecular weight is 520 g/mol. The monoisotopic (exact) mass is 519 g/mol. The minimum absolute atomic E-state index is 0.0477. The molecule has 0 aromatic carbocycles. The van der Waals surface area contributed by atoms with E-state index in [0.717, 1.165) is 50.5 Å². The van der Waals surface area contributed by atoms with Gasteiger partial charge in [0.05, 0.1) is 6.57 Å². The summed E-state index contributed by atoms with van der Waals surface area (Å²) in [5.41, 5.74) is -0.628. The van der Waals surface area contributed by atoms with Crippen LogP contribution >= 0.6 is 0 Å². The molecule has 0 heterocycles. The van der Waals surface area contributed by atoms with E-state index in [9.17, 15) is 14.4 Å². The lowest BCUT2D eigenvalue weighted by Crippen LogP contribution is -2.70. The highest BCUT2D eigenvalue weighted by molar-refractivity contribution is 6.03. The second-order valence-electron chi connectivity index (χ2n) is 15.1. The molecule has 5 rings (SSSR count). The summed E-state index contributed by atoms with van der Waals surface area (Å²) in [5, 5.41) is 6.11. The van der Waals surface area contributed by atoms with Gasteiger partial charge in [-0.25, -0.2) is 9.64 Å². The van der Waals surface area contributed by atoms with Crippen molar-refractivity contribution < 1.29 is 14.4 Å². The van der Waals surface area contributed by atoms with Gasteiger partial charge in [0, 0.05) is 29.3 Å². The zero-order valence-electron chi connectivity index (χ0n) is 24.5. The zero-order chi connectivity index (χ0) is 28.1. The molecule has 5 aliphatic carbocycles. The van der Waals surface area contributed by atoms with Crippen molar-refractivity contribution in [3.63, 3.8) is 0 Å². The Morgan fingerprint density at radius 2 is 1.66 bits per heavy atom. The number of hydrogen-bond acceptors (Lipinski definition) is 3. The van der Waals surface area contributed by atoms with E-state index >= 15 is 0 Å². The second-order valence-corrected chi connectivity index (χ2v) is 15.1. The van der Waals surface area contributed by atoms with Crippen LogP contribution in [0.4, 0.5) is 4.79 Å². The number of nitrogens with one attached hydrogen (secondary N) is 2. The van der Waals surface area contributed by atoms with Gasteiger partial charge in [-0.3, -0.25) is 4.79 Å². The largest absolute Gasteiger partial charge is 0.341 e. The van der Waals surface area contributed by atoms with Crippen LogP contribution < -0.4 is 10.6 Å². The average Bonchev–Trinajstić information content (AvgIpc) is 2.83. The Bertz CT molecular complexity index is 1220. The number of hydrogen-bond donors (Lipinski definition) is 2. The minimum Gasteiger partial charge on any atom is -0.341 e. The molecule has 5 aliphatic rings. The van der Waals surface area contributed by atoms with Gasteiger partial charge in [-0.2, -0.15) is 0 Å². The molecule has 0 bridgehead atoms. The van der Waals surface area contributed by atoms with E-state index in [1.165, 1.54) is 0 Å². The Morgan fingerprint density at radius 3 is 2.29 bits per heavy atom. The number of rotatable bonds is 1. The number of allylic oxidation sites excluding steroid dienone is 4. The van der Waals surface area contributed by atoms with Crippen molar-refractivity contribution in [2.45, 2.75) is 99.0 Å². The van der Waals surface area contributed by atoms with Crippen molar-refractivity contribution >= 4 is 17.6 Å². The lowest BCUT2D eigenvalue weighted by Gasteiger charge is -2.69. The lowest BCUT2D eigenvalue weighted by molar-refractivity contribution is -0.160. The van der Waals surface area contributed by atoms with Gasteiger partial charge in [0.15, 0.2) is 11.6 Å². The van der Waals surface area contributed by atoms with Gasteiger partial charge in [-0.05, 0) is 79.1 Å². The van der Waals surface area contributed by atoms with Crippen molar-refractivity contribution in [2.24, 2.45) is 44.8 Å². The molecule has 0 aromatic rings. The maximum Gasteiger partial charge on any atom is 0.314 e. The van der Waals surface area contributed by atoms with Crippen LogP contribution in [0.1, 0.15) is 93.4 Å². The number of Topliss-reactive ketones (excluding diaryl/α,β-unsaturated/α-hetero) is 1. The van der Waals surface area contributed by atoms with E-state index in [1.54, 1.807) is 7.05 Å². The Kier molecular flexibility index (Phi) is 5.76. The second kappa shape index (κ2) is 8.05. The summed E-state index contributed by atoms with van der Waals surface area (Å²) in [5.74, 6) is 0.0296. The fourth-order valence-electron chi connectivity index (χ4n) is 10.1. The first kappa shape index (κ1) is 27.2. The smallest absolute Gasteiger partial charge is 0.314 e. The molecule has 0 aromatic heterocycles. The van der Waals surface area contributed by atoms with Crippen LogP contribution in [0.5, 0.6) is 0 Å². The van der Waals surface area contributed by atoms with Crippen LogP contribution in [0.25, 0.3) is 4.85 Å². The SMILES string of the molecule is [C-]#[N+]C1=C[C@]2(C)C3=CC(=O)[C@@H]4[C@@H]5CC(C)(C)CC[C@]5(NC(=O)NC)CC[C@@]4(C)[C@]3(C)CC[C@H]2C(C)(C)C1=O. The summed E-state index contributed by atoms with van der Waals surface area (Å²) in [6.45, 7) is 23.1. The van der Waals surface area contributed by atoms with Crippen molar-refractivity contribution in [1.29, 1.82) is 0 Å². The highest BCUT2D eigenvalue weighted by atomic mass is 16.2. The van der Waals surface area contributed by atoms with Crippen molar-refractivity contribution in [2.75, 3.05) is 7.05 Å². The van der Waals surface area contributed by atoms with Crippen LogP contribution in [0.2, 0.25) is 0 Å². The van der Waals surface area contributed by atoms with Crippen LogP contribution in [0, 0.1) is 51.4 Å². The number of carbonyl (C=O) groups is 3. The van der Waals surface area contributed by atoms with Crippen LogP contribution in [0.15, 0.2) is 23.4 Å². The molecule has 0 radical (unpaired) electrons. The quantitative estimate of drug-likeness (QED) is 0.403. The predicted molar refractivity (Wildman–Crippen MR) is 148 cm³/mol. The number of ketones is 2. The number of fused-ring (bicyclic) bond motifs is 7. The Balaban J connectivity index is 1.68. The normalized spacial score (nSPS) is 44.7. The van der Waals surface area contributed by atoms with Gasteiger partial charge in [0.1, 0.15) is 0 Å². The van der Waals surface area contributed by atoms with Crippen molar-refractivity contribution in [3.8, 4) is 0 Å². The Labute approximate surface area is 228 Å². The van der Waals surface area contributed by atoms with E-state index in [2.05, 4.69) is 50.1 Å². The molecule has 0 saturated heterocycles. The van der Waals surface area contributed by atoms with Gasteiger partial charge < -0.3 is 15.4 Å². The summed E-state index contributed by atoms with van der Waals surface area (Å²) in [6.07, 6.45) is 10.2. The molecule has 6 heteroatoms. The molecular formula is C32H45N3O3. The van der Waals surface area contributed by atoms with E-state index in [0.29, 0.717) is 0 Å². The van der Waals surface area contributed by atoms with Gasteiger partial charge in [-0.15, -0.1) is 0 Å². The fourth-order valence-corrected chi connectivity index (χ4v) is 10.1. The van der Waals surface area contributed by atoms with Gasteiger partial charge in [0.25, 0.3) is 0 Å². The van der Waals surface area contributed by atoms with Crippen LogP contribution in [-0.4, -0.2) is 30.2 Å². The van der Waals surface area contributed by atoms with Crippen molar-refractivity contribution in [3.05, 3.63) is 34.8 Å². The maximum absolute atomic E-state index is 14.4. The molecular weight excluding hydrogens is 474 g/mol. The maximum atomic E-state index is 14.4. The summed E-state index contributed by atoms with van der Waals surface area (Å²) in [4.78, 5) is 44.0. The molecule has 3 fully saturated rings. The van der Waals surface area contributed by atoms with E-state index < -0.39 is 10.8 Å². The number of carbonyl (C=O) groups excluding carboxylic acids is 3. The zero-order valence-corrected chi connectivity index (χ0v) is 24.5. The predicted octanol–water partition coefficient (Wildman–Crippen LogP) is 6.24. The molecule has 3 saturated carbocycles. The number of nitrogens with zero attached hydrogens (tertiary/aromatic N) is 1. The lowest BCUT2D eigenvalue weighted by atomic mass is 9.35. The first-order valence-corrected chi connectivity index (χ1v) is 14.4. The minimum atomic E-state index is -0.654. The molecule has 7 atom stereocenters. The fraction of sp³-hybridized carbons (Fsp3) is 0.750. The third-order valence-electron chi connectivity index (χ3n) is 12.4. The number of urea groups is 1. The van der Waals surface area contributed by atoms with E-state index in [4.69, 9.17) is 6.57 Å². The van der Waals surface area contributed by atoms with Gasteiger partial charge in [-0.1, -0.05) is 60.1 Å². The molecule has 38 heavy (non-hydrogen) atoms. The molecule has 206 valence electrons. The molecule has 0 spiro atoms. The Morgan fingerprint density at radius 1 is 1.00 bits per heavy atom. The summed E-state index contributed by atoms with van der Waals surface area (Å²) in [7, 11) is 1.66. The first-order valence-electron chi connectivity index (χ1n) is 14.4. The van der Waals surface area contributed by atoms with E-state index in [1.807, 2.05) is 26.0 Å². The third kappa shape index (κ3) is 3.32. The molecule has 6 nitrogen and oxygen atoms in total. The van der Waals surface area contributed by atoms with Crippen LogP contribution in [0.3, 0.4) is 0 Å². The summed E-state index contributed by atoms with van der Waals surface area (Å²) >= 11 is 0. The molecule has 0 unspecified atom stereocenters. The third-order valence-corrected chi connectivity index (χ3v) is 12.4. The highest BCUT2D eigenvalue weighted by Gasteiger charge is 2.69. The van der Waals surface area contributed by atoms with Gasteiger partial charge in [0.2, 0.25) is 5.70 Å². The molecule has 0 aliphatic heterocycles. The standard InChI is InChI=1S/C32H45N3O3/c1-27(2)12-14-32(35-26(38)34-9)15-13-31(7)24(19(32)17-27)21(36)16-23-29(5)18-20(33-8)25(37)28(3,4)22(29)10-11-30(23,31)6/h16,18-19,22,24H,10-15,17H2,1-7,9H3,(H2,34,35,38)/t19-,22-,24-,29-,30+,31+,32-/m0/s1.